The lowest BCUT2D eigenvalue weighted by molar-refractivity contribution is -0.120. The molecule has 1 N–H and O–H groups in total. The van der Waals surface area contributed by atoms with Crippen molar-refractivity contribution >= 4 is 5.71 Å². The fraction of sp³-hybridized carbons (Fsp3) is 0.682. The average molecular weight is 337 g/mol. The van der Waals surface area contributed by atoms with Gasteiger partial charge < -0.3 is 9.94 Å². The van der Waals surface area contributed by atoms with Crippen molar-refractivity contribution in [2.24, 2.45) is 46.1 Å². The highest BCUT2D eigenvalue weighted by atomic mass is 16.5. The maximum absolute atomic E-state index is 9.13. The van der Waals surface area contributed by atoms with Gasteiger partial charge in [-0.25, -0.2) is 0 Å². The average Bonchev–Trinajstić information content (AvgIpc) is 3.20. The van der Waals surface area contributed by atoms with Gasteiger partial charge in [-0.15, -0.1) is 0 Å². The second-order valence-corrected chi connectivity index (χ2v) is 9.48. The minimum absolute atomic E-state index is 0.0422. The molecule has 6 aliphatic rings. The lowest BCUT2D eigenvalue weighted by Crippen LogP contribution is -2.54. The molecular weight excluding hydrogens is 310 g/mol. The Morgan fingerprint density at radius 2 is 2.20 bits per heavy atom. The summed E-state index contributed by atoms with van der Waals surface area (Å²) in [4.78, 5) is 0. The van der Waals surface area contributed by atoms with E-state index in [1.807, 2.05) is 0 Å². The lowest BCUT2D eigenvalue weighted by Gasteiger charge is -2.55. The van der Waals surface area contributed by atoms with E-state index in [1.54, 1.807) is 0 Å². The number of fused-ring (bicyclic) bond motifs is 9. The Balaban J connectivity index is 1.41. The van der Waals surface area contributed by atoms with E-state index in [0.717, 1.165) is 48.8 Å². The van der Waals surface area contributed by atoms with Crippen LogP contribution in [0.5, 0.6) is 0 Å². The molecule has 25 heavy (non-hydrogen) atoms. The van der Waals surface area contributed by atoms with Gasteiger partial charge in [0.25, 0.3) is 0 Å². The molecule has 8 atom stereocenters. The number of ether oxygens (including phenoxy) is 1. The smallest absolute Gasteiger partial charge is 0.0954 e. The third-order valence-electron chi connectivity index (χ3n) is 8.80. The number of nitrogens with zero attached hydrogens (tertiary/aromatic N) is 1. The van der Waals surface area contributed by atoms with E-state index in [4.69, 9.17) is 9.94 Å². The monoisotopic (exact) mass is 337 g/mol. The molecule has 1 spiro atoms. The van der Waals surface area contributed by atoms with Crippen molar-refractivity contribution in [2.45, 2.75) is 44.6 Å². The van der Waals surface area contributed by atoms with Crippen molar-refractivity contribution in [3.05, 3.63) is 36.0 Å². The maximum Gasteiger partial charge on any atom is 0.0954 e. The van der Waals surface area contributed by atoms with E-state index < -0.39 is 0 Å². The van der Waals surface area contributed by atoms with Crippen LogP contribution in [0.25, 0.3) is 0 Å². The van der Waals surface area contributed by atoms with Gasteiger partial charge in [-0.05, 0) is 79.3 Å². The molecule has 3 nitrogen and oxygen atoms in total. The highest BCUT2D eigenvalue weighted by Crippen LogP contribution is 2.77. The van der Waals surface area contributed by atoms with Crippen LogP contribution in [0, 0.1) is 40.9 Å². The van der Waals surface area contributed by atoms with Crippen LogP contribution >= 0.6 is 0 Å². The zero-order valence-electron chi connectivity index (χ0n) is 14.9. The van der Waals surface area contributed by atoms with Gasteiger partial charge in [0.05, 0.1) is 17.9 Å². The van der Waals surface area contributed by atoms with Crippen molar-refractivity contribution < 1.29 is 9.94 Å². The maximum atomic E-state index is 9.13. The Morgan fingerprint density at radius 3 is 3.00 bits per heavy atom. The number of hydrogen-bond acceptors (Lipinski definition) is 3. The van der Waals surface area contributed by atoms with Crippen molar-refractivity contribution in [3.8, 4) is 0 Å². The van der Waals surface area contributed by atoms with Crippen LogP contribution in [0.2, 0.25) is 0 Å². The largest absolute Gasteiger partial charge is 0.411 e. The lowest BCUT2D eigenvalue weighted by atomic mass is 9.50. The summed E-state index contributed by atoms with van der Waals surface area (Å²) in [5.41, 5.74) is 2.61. The SMILES string of the molecule is C[C@]12CC[C@H]3[C@@H](C=CC4=C/C(=N/O)CC[C@@H]43)[C@@H]1[C@@H]1C[C@@H]1[C@@]21C=CCO1. The van der Waals surface area contributed by atoms with E-state index in [0.29, 0.717) is 17.3 Å². The zero-order valence-corrected chi connectivity index (χ0v) is 14.9. The Hall–Kier alpha value is -1.35. The predicted molar refractivity (Wildman–Crippen MR) is 96.4 cm³/mol. The summed E-state index contributed by atoms with van der Waals surface area (Å²) < 4.78 is 6.45. The first kappa shape index (κ1) is 14.8. The summed E-state index contributed by atoms with van der Waals surface area (Å²) in [6, 6.07) is 0. The van der Waals surface area contributed by atoms with E-state index in [2.05, 4.69) is 42.5 Å². The van der Waals surface area contributed by atoms with E-state index >= 15 is 0 Å². The molecule has 1 heterocycles. The molecule has 5 aliphatic carbocycles. The first-order valence-corrected chi connectivity index (χ1v) is 10.1. The standard InChI is InChI=1S/C22H27NO2/c1-21-9-7-16-15-6-4-14(23-24)11-13(15)3-5-17(16)20(21)18-12-19(18)22(21)8-2-10-25-22/h2-3,5,8,11,15-20,24H,4,6-7,9-10,12H2,1H3/b23-14+/t15-,16+,17+,18+,19-,20+,21-,22-/m0/s1. The summed E-state index contributed by atoms with van der Waals surface area (Å²) in [5.74, 6) is 4.57. The first-order chi connectivity index (χ1) is 12.2. The highest BCUT2D eigenvalue weighted by molar-refractivity contribution is 5.96. The van der Waals surface area contributed by atoms with Gasteiger partial charge in [-0.1, -0.05) is 36.4 Å². The van der Waals surface area contributed by atoms with Gasteiger partial charge in [0.15, 0.2) is 0 Å². The highest BCUT2D eigenvalue weighted by Gasteiger charge is 2.76. The number of hydrogen-bond donors (Lipinski definition) is 1. The van der Waals surface area contributed by atoms with E-state index in [1.165, 1.54) is 24.8 Å². The van der Waals surface area contributed by atoms with Crippen LogP contribution in [-0.2, 0) is 4.74 Å². The molecule has 3 saturated carbocycles. The van der Waals surface area contributed by atoms with Gasteiger partial charge in [0.1, 0.15) is 0 Å². The van der Waals surface area contributed by atoms with E-state index in [-0.39, 0.29) is 5.60 Å². The molecule has 0 unspecified atom stereocenters. The molecule has 0 bridgehead atoms. The topological polar surface area (TPSA) is 41.8 Å². The van der Waals surface area contributed by atoms with E-state index in [9.17, 15) is 0 Å². The van der Waals surface area contributed by atoms with Crippen LogP contribution in [0.3, 0.4) is 0 Å². The van der Waals surface area contributed by atoms with Crippen LogP contribution < -0.4 is 0 Å². The number of rotatable bonds is 0. The molecule has 0 aromatic heterocycles. The third-order valence-corrected chi connectivity index (χ3v) is 8.80. The van der Waals surface area contributed by atoms with Gasteiger partial charge >= 0.3 is 0 Å². The van der Waals surface area contributed by atoms with Crippen LogP contribution in [0.15, 0.2) is 41.1 Å². The number of allylic oxidation sites excluding steroid dienone is 4. The van der Waals surface area contributed by atoms with Crippen LogP contribution in [0.4, 0.5) is 0 Å². The molecule has 0 radical (unpaired) electrons. The molecule has 3 fully saturated rings. The second-order valence-electron chi connectivity index (χ2n) is 9.48. The summed E-state index contributed by atoms with van der Waals surface area (Å²) >= 11 is 0. The van der Waals surface area contributed by atoms with Crippen molar-refractivity contribution in [1.29, 1.82) is 0 Å². The summed E-state index contributed by atoms with van der Waals surface area (Å²) in [6.07, 6.45) is 17.8. The first-order valence-electron chi connectivity index (χ1n) is 10.1. The molecular formula is C22H27NO2. The second kappa shape index (κ2) is 4.68. The molecule has 132 valence electrons. The Labute approximate surface area is 149 Å². The Morgan fingerprint density at radius 1 is 1.28 bits per heavy atom. The summed E-state index contributed by atoms with van der Waals surface area (Å²) in [7, 11) is 0. The van der Waals surface area contributed by atoms with Crippen molar-refractivity contribution in [3.63, 3.8) is 0 Å². The van der Waals surface area contributed by atoms with Gasteiger partial charge in [0, 0.05) is 5.41 Å². The molecule has 6 rings (SSSR count). The molecule has 1 aliphatic heterocycles. The quantitative estimate of drug-likeness (QED) is 0.406. The minimum Gasteiger partial charge on any atom is -0.411 e. The zero-order chi connectivity index (χ0) is 16.8. The third kappa shape index (κ3) is 1.64. The predicted octanol–water partition coefficient (Wildman–Crippen LogP) is 4.35. The fourth-order valence-electron chi connectivity index (χ4n) is 7.81. The van der Waals surface area contributed by atoms with Gasteiger partial charge in [0.2, 0.25) is 0 Å². The Kier molecular flexibility index (Phi) is 2.76. The van der Waals surface area contributed by atoms with Crippen LogP contribution in [-0.4, -0.2) is 23.1 Å². The normalized spacial score (nSPS) is 56.4. The van der Waals surface area contributed by atoms with Crippen molar-refractivity contribution in [2.75, 3.05) is 6.61 Å². The molecule has 3 heteroatoms. The van der Waals surface area contributed by atoms with Gasteiger partial charge in [-0.3, -0.25) is 0 Å². The number of oxime groups is 1. The molecule has 0 saturated heterocycles. The van der Waals surface area contributed by atoms with Gasteiger partial charge in [-0.2, -0.15) is 0 Å². The molecule has 0 amide bonds. The summed E-state index contributed by atoms with van der Waals surface area (Å²) in [5, 5.41) is 12.6. The van der Waals surface area contributed by atoms with Crippen LogP contribution in [0.1, 0.15) is 39.0 Å². The fourth-order valence-corrected chi connectivity index (χ4v) is 7.81. The Bertz CT molecular complexity index is 749. The minimum atomic E-state index is 0.0422. The van der Waals surface area contributed by atoms with Crippen molar-refractivity contribution in [1.82, 2.24) is 0 Å². The summed E-state index contributed by atoms with van der Waals surface area (Å²) in [6.45, 7) is 3.35. The molecule has 0 aromatic carbocycles. The molecule has 0 aromatic rings.